The van der Waals surface area contributed by atoms with Gasteiger partial charge in [-0.2, -0.15) is 9.57 Å². The Morgan fingerprint density at radius 3 is 2.46 bits per heavy atom. The Morgan fingerprint density at radius 1 is 1.11 bits per heavy atom. The highest BCUT2D eigenvalue weighted by Gasteiger charge is 2.27. The number of benzene rings is 2. The molecule has 3 aromatic rings. The lowest BCUT2D eigenvalue weighted by Crippen LogP contribution is -2.46. The van der Waals surface area contributed by atoms with Gasteiger partial charge in [-0.1, -0.05) is 18.2 Å². The molecule has 0 bridgehead atoms. The molecule has 1 saturated heterocycles. The van der Waals surface area contributed by atoms with E-state index in [2.05, 4.69) is 20.2 Å². The molecule has 0 aliphatic carbocycles. The number of carbonyl (C=O) groups excluding carboxylic acids is 1. The van der Waals surface area contributed by atoms with Crippen LogP contribution in [0.25, 0.3) is 11.3 Å². The third kappa shape index (κ3) is 5.75. The molecule has 3 N–H and O–H groups in total. The number of aromatic nitrogens is 2. The maximum atomic E-state index is 12.9. The topological polar surface area (TPSA) is 145 Å². The summed E-state index contributed by atoms with van der Waals surface area (Å²) in [5.74, 6) is -0.622. The average Bonchev–Trinajstić information content (AvgIpc) is 2.85. The van der Waals surface area contributed by atoms with E-state index in [4.69, 9.17) is 11.0 Å². The van der Waals surface area contributed by atoms with E-state index in [1.165, 1.54) is 28.7 Å². The SMILES string of the molecule is CN1CCN(S(=O)(=O)c2ccc(-c3cnc(N)c(C(=O)Nc4cccc(C#N)c4)n3)cc2)CC1.Cl. The van der Waals surface area contributed by atoms with Gasteiger partial charge in [0.1, 0.15) is 0 Å². The fraction of sp³-hybridized carbons (Fsp3) is 0.217. The van der Waals surface area contributed by atoms with Crippen molar-refractivity contribution in [2.24, 2.45) is 0 Å². The first-order valence-corrected chi connectivity index (χ1v) is 11.9. The molecular formula is C23H24ClN7O3S. The molecule has 1 fully saturated rings. The summed E-state index contributed by atoms with van der Waals surface area (Å²) >= 11 is 0. The van der Waals surface area contributed by atoms with Gasteiger partial charge in [0.2, 0.25) is 10.0 Å². The number of nitrogen functional groups attached to an aromatic ring is 1. The van der Waals surface area contributed by atoms with Crippen molar-refractivity contribution in [1.82, 2.24) is 19.2 Å². The molecule has 10 nitrogen and oxygen atoms in total. The molecule has 1 aliphatic rings. The number of nitrogens with one attached hydrogen (secondary N) is 1. The Morgan fingerprint density at radius 2 is 1.80 bits per heavy atom. The van der Waals surface area contributed by atoms with Gasteiger partial charge in [0.25, 0.3) is 5.91 Å². The van der Waals surface area contributed by atoms with Crippen LogP contribution in [0.5, 0.6) is 0 Å². The fourth-order valence-corrected chi connectivity index (χ4v) is 4.96. The van der Waals surface area contributed by atoms with Crippen LogP contribution >= 0.6 is 12.4 Å². The summed E-state index contributed by atoms with van der Waals surface area (Å²) in [4.78, 5) is 23.4. The Balaban J connectivity index is 0.00000342. The fourth-order valence-electron chi connectivity index (χ4n) is 3.54. The monoisotopic (exact) mass is 513 g/mol. The molecule has 1 aliphatic heterocycles. The summed E-state index contributed by atoms with van der Waals surface area (Å²) < 4.78 is 27.4. The van der Waals surface area contributed by atoms with Crippen LogP contribution in [-0.2, 0) is 10.0 Å². The van der Waals surface area contributed by atoms with Crippen LogP contribution in [-0.4, -0.2) is 66.7 Å². The van der Waals surface area contributed by atoms with Crippen molar-refractivity contribution in [2.45, 2.75) is 4.90 Å². The zero-order valence-corrected chi connectivity index (χ0v) is 20.5. The van der Waals surface area contributed by atoms with Crippen LogP contribution in [0.4, 0.5) is 11.5 Å². The van der Waals surface area contributed by atoms with Crippen LogP contribution in [0, 0.1) is 11.3 Å². The van der Waals surface area contributed by atoms with Gasteiger partial charge in [-0.25, -0.2) is 18.4 Å². The lowest BCUT2D eigenvalue weighted by atomic mass is 10.1. The molecule has 2 aromatic carbocycles. The second-order valence-corrected chi connectivity index (χ2v) is 9.81. The molecule has 182 valence electrons. The number of nitrogens with two attached hydrogens (primary N) is 1. The predicted octanol–water partition coefficient (Wildman–Crippen LogP) is 2.21. The highest BCUT2D eigenvalue weighted by atomic mass is 35.5. The molecule has 0 saturated carbocycles. The molecule has 0 unspecified atom stereocenters. The Hall–Kier alpha value is -3.56. The van der Waals surface area contributed by atoms with Gasteiger partial charge in [-0.3, -0.25) is 4.79 Å². The zero-order valence-electron chi connectivity index (χ0n) is 18.9. The molecular weight excluding hydrogens is 490 g/mol. The molecule has 1 amide bonds. The van der Waals surface area contributed by atoms with E-state index in [1.54, 1.807) is 30.3 Å². The first kappa shape index (κ1) is 26.1. The van der Waals surface area contributed by atoms with Crippen molar-refractivity contribution in [3.63, 3.8) is 0 Å². The van der Waals surface area contributed by atoms with Crippen LogP contribution in [0.1, 0.15) is 16.1 Å². The van der Waals surface area contributed by atoms with Crippen LogP contribution in [0.15, 0.2) is 59.6 Å². The Bertz CT molecular complexity index is 1370. The average molecular weight is 514 g/mol. The summed E-state index contributed by atoms with van der Waals surface area (Å²) in [7, 11) is -1.63. The van der Waals surface area contributed by atoms with Crippen LogP contribution in [0.3, 0.4) is 0 Å². The Labute approximate surface area is 209 Å². The van der Waals surface area contributed by atoms with Gasteiger partial charge in [0, 0.05) is 37.4 Å². The number of likely N-dealkylation sites (N-methyl/N-ethyl adjacent to an activating group) is 1. The molecule has 12 heteroatoms. The minimum atomic E-state index is -3.59. The van der Waals surface area contributed by atoms with E-state index in [0.29, 0.717) is 48.7 Å². The van der Waals surface area contributed by atoms with Crippen molar-refractivity contribution in [3.05, 3.63) is 66.0 Å². The normalized spacial score (nSPS) is 14.5. The number of sulfonamides is 1. The summed E-state index contributed by atoms with van der Waals surface area (Å²) in [6.07, 6.45) is 1.42. The van der Waals surface area contributed by atoms with Crippen molar-refractivity contribution in [2.75, 3.05) is 44.3 Å². The Kier molecular flexibility index (Phi) is 8.03. The number of nitrogens with zero attached hydrogens (tertiary/aromatic N) is 5. The summed E-state index contributed by atoms with van der Waals surface area (Å²) in [5.41, 5.74) is 7.58. The summed E-state index contributed by atoms with van der Waals surface area (Å²) in [5, 5.41) is 11.7. The van der Waals surface area contributed by atoms with E-state index in [-0.39, 0.29) is 28.8 Å². The number of amides is 1. The molecule has 4 rings (SSSR count). The smallest absolute Gasteiger partial charge is 0.278 e. The molecule has 0 radical (unpaired) electrons. The highest BCUT2D eigenvalue weighted by molar-refractivity contribution is 7.89. The third-order valence-electron chi connectivity index (χ3n) is 5.52. The van der Waals surface area contributed by atoms with E-state index >= 15 is 0 Å². The van der Waals surface area contributed by atoms with Crippen LogP contribution in [0.2, 0.25) is 0 Å². The van der Waals surface area contributed by atoms with Gasteiger partial charge in [-0.05, 0) is 37.4 Å². The zero-order chi connectivity index (χ0) is 24.3. The quantitative estimate of drug-likeness (QED) is 0.528. The van der Waals surface area contributed by atoms with Gasteiger partial charge < -0.3 is 16.0 Å². The minimum Gasteiger partial charge on any atom is -0.382 e. The number of anilines is 2. The third-order valence-corrected chi connectivity index (χ3v) is 7.43. The van der Waals surface area contributed by atoms with Gasteiger partial charge >= 0.3 is 0 Å². The standard InChI is InChI=1S/C23H23N7O3S.ClH/c1-29-9-11-30(12-10-29)34(32,33)19-7-5-17(6-8-19)20-15-26-22(25)21(28-20)23(31)27-18-4-2-3-16(13-18)14-24;/h2-8,13,15H,9-12H2,1H3,(H2,25,26)(H,27,31);1H. The predicted molar refractivity (Wildman–Crippen MR) is 134 cm³/mol. The molecule has 35 heavy (non-hydrogen) atoms. The van der Waals surface area contributed by atoms with E-state index in [1.807, 2.05) is 13.1 Å². The summed E-state index contributed by atoms with van der Waals surface area (Å²) in [6.45, 7) is 2.26. The molecule has 0 atom stereocenters. The largest absolute Gasteiger partial charge is 0.382 e. The van der Waals surface area contributed by atoms with Gasteiger partial charge in [0.15, 0.2) is 11.5 Å². The number of nitriles is 1. The first-order chi connectivity index (χ1) is 16.3. The minimum absolute atomic E-state index is 0. The maximum absolute atomic E-state index is 12.9. The number of halogens is 1. The van der Waals surface area contributed by atoms with Crippen molar-refractivity contribution in [1.29, 1.82) is 5.26 Å². The highest BCUT2D eigenvalue weighted by Crippen LogP contribution is 2.23. The van der Waals surface area contributed by atoms with E-state index in [0.717, 1.165) is 0 Å². The van der Waals surface area contributed by atoms with E-state index < -0.39 is 15.9 Å². The van der Waals surface area contributed by atoms with Crippen molar-refractivity contribution < 1.29 is 13.2 Å². The lowest BCUT2D eigenvalue weighted by Gasteiger charge is -2.31. The molecule has 0 spiro atoms. The van der Waals surface area contributed by atoms with Gasteiger partial charge in [-0.15, -0.1) is 12.4 Å². The second-order valence-electron chi connectivity index (χ2n) is 7.87. The first-order valence-electron chi connectivity index (χ1n) is 10.5. The van der Waals surface area contributed by atoms with Crippen molar-refractivity contribution >= 4 is 39.8 Å². The summed E-state index contributed by atoms with van der Waals surface area (Å²) in [6, 6.07) is 14.8. The number of piperazine rings is 1. The van der Waals surface area contributed by atoms with Crippen LogP contribution < -0.4 is 11.1 Å². The number of carbonyl (C=O) groups is 1. The van der Waals surface area contributed by atoms with E-state index in [9.17, 15) is 13.2 Å². The van der Waals surface area contributed by atoms with Crippen molar-refractivity contribution in [3.8, 4) is 17.3 Å². The second kappa shape index (κ2) is 10.8. The number of hydrogen-bond acceptors (Lipinski definition) is 8. The maximum Gasteiger partial charge on any atom is 0.278 e. The number of rotatable bonds is 5. The molecule has 2 heterocycles. The van der Waals surface area contributed by atoms with Gasteiger partial charge in [0.05, 0.1) is 28.4 Å². The molecule has 1 aromatic heterocycles. The lowest BCUT2D eigenvalue weighted by molar-refractivity contribution is 0.102. The number of hydrogen-bond donors (Lipinski definition) is 2.